The number of esters is 1. The highest BCUT2D eigenvalue weighted by molar-refractivity contribution is 9.10. The predicted molar refractivity (Wildman–Crippen MR) is 85.3 cm³/mol. The third-order valence-corrected chi connectivity index (χ3v) is 4.32. The molecule has 0 fully saturated rings. The molecule has 2 rings (SSSR count). The zero-order valence-corrected chi connectivity index (χ0v) is 13.7. The maximum Gasteiger partial charge on any atom is 0.307 e. The highest BCUT2D eigenvalue weighted by Crippen LogP contribution is 2.21. The van der Waals surface area contributed by atoms with Gasteiger partial charge in [-0.25, -0.2) is 0 Å². The Labute approximate surface area is 135 Å². The lowest BCUT2D eigenvalue weighted by Crippen LogP contribution is -2.30. The van der Waals surface area contributed by atoms with Crippen LogP contribution in [-0.4, -0.2) is 19.0 Å². The summed E-state index contributed by atoms with van der Waals surface area (Å²) in [5.41, 5.74) is 0.855. The van der Waals surface area contributed by atoms with Gasteiger partial charge in [0.05, 0.1) is 24.4 Å². The van der Waals surface area contributed by atoms with Gasteiger partial charge in [-0.2, -0.15) is 0 Å². The molecule has 1 amide bonds. The van der Waals surface area contributed by atoms with Gasteiger partial charge < -0.3 is 10.1 Å². The van der Waals surface area contributed by atoms with E-state index in [4.69, 9.17) is 4.74 Å². The van der Waals surface area contributed by atoms with Crippen LogP contribution in [0.2, 0.25) is 0 Å². The number of methoxy groups -OCH3 is 1. The number of amides is 1. The predicted octanol–water partition coefficient (Wildman–Crippen LogP) is 3.54. The first-order valence-corrected chi connectivity index (χ1v) is 7.94. The minimum atomic E-state index is -0.417. The first-order chi connectivity index (χ1) is 10.1. The van der Waals surface area contributed by atoms with Crippen molar-refractivity contribution in [2.45, 2.75) is 12.5 Å². The van der Waals surface area contributed by atoms with Gasteiger partial charge in [-0.3, -0.25) is 9.59 Å². The molecular weight excluding hydrogens is 354 g/mol. The molecule has 0 aliphatic carbocycles. The monoisotopic (exact) mass is 367 g/mol. The summed E-state index contributed by atoms with van der Waals surface area (Å²) >= 11 is 4.72. The quantitative estimate of drug-likeness (QED) is 0.822. The molecule has 0 saturated carbocycles. The van der Waals surface area contributed by atoms with Crippen LogP contribution >= 0.6 is 27.3 Å². The molecule has 21 heavy (non-hydrogen) atoms. The normalized spacial score (nSPS) is 11.7. The van der Waals surface area contributed by atoms with E-state index in [1.54, 1.807) is 6.07 Å². The van der Waals surface area contributed by atoms with Crippen molar-refractivity contribution < 1.29 is 14.3 Å². The van der Waals surface area contributed by atoms with E-state index in [0.29, 0.717) is 4.88 Å². The molecule has 1 aromatic heterocycles. The number of ether oxygens (including phenoxy) is 1. The second kappa shape index (κ2) is 7.38. The van der Waals surface area contributed by atoms with Crippen molar-refractivity contribution in [3.63, 3.8) is 0 Å². The third-order valence-electron chi connectivity index (χ3n) is 2.92. The lowest BCUT2D eigenvalue weighted by atomic mass is 10.0. The molecule has 0 unspecified atom stereocenters. The molecule has 0 radical (unpaired) electrons. The SMILES string of the molecule is COC(=O)C[C@H](NC(=O)c1cccs1)c1ccc(Br)cc1. The largest absolute Gasteiger partial charge is 0.469 e. The van der Waals surface area contributed by atoms with Crippen LogP contribution in [0.3, 0.4) is 0 Å². The van der Waals surface area contributed by atoms with Crippen molar-refractivity contribution in [1.82, 2.24) is 5.32 Å². The molecule has 1 N–H and O–H groups in total. The second-order valence-electron chi connectivity index (χ2n) is 4.34. The maximum absolute atomic E-state index is 12.2. The van der Waals surface area contributed by atoms with Gasteiger partial charge in [0, 0.05) is 4.47 Å². The number of carbonyl (C=O) groups is 2. The summed E-state index contributed by atoms with van der Waals surface area (Å²) in [6.45, 7) is 0. The van der Waals surface area contributed by atoms with Gasteiger partial charge >= 0.3 is 5.97 Å². The van der Waals surface area contributed by atoms with E-state index in [1.165, 1.54) is 18.4 Å². The first-order valence-electron chi connectivity index (χ1n) is 6.27. The van der Waals surface area contributed by atoms with E-state index < -0.39 is 6.04 Å². The molecular formula is C15H14BrNO3S. The Balaban J connectivity index is 2.17. The second-order valence-corrected chi connectivity index (χ2v) is 6.20. The fourth-order valence-corrected chi connectivity index (χ4v) is 2.73. The Kier molecular flexibility index (Phi) is 5.52. The number of halogens is 1. The maximum atomic E-state index is 12.2. The van der Waals surface area contributed by atoms with Crippen molar-refractivity contribution in [2.75, 3.05) is 7.11 Å². The highest BCUT2D eigenvalue weighted by atomic mass is 79.9. The summed E-state index contributed by atoms with van der Waals surface area (Å²) in [6.07, 6.45) is 0.0925. The molecule has 1 aromatic carbocycles. The average molecular weight is 368 g/mol. The number of hydrogen-bond donors (Lipinski definition) is 1. The third kappa shape index (κ3) is 4.41. The number of hydrogen-bond acceptors (Lipinski definition) is 4. The topological polar surface area (TPSA) is 55.4 Å². The minimum Gasteiger partial charge on any atom is -0.469 e. The number of rotatable bonds is 5. The smallest absolute Gasteiger partial charge is 0.307 e. The van der Waals surface area contributed by atoms with Gasteiger partial charge in [0.2, 0.25) is 0 Å². The Morgan fingerprint density at radius 1 is 1.29 bits per heavy atom. The van der Waals surface area contributed by atoms with E-state index in [0.717, 1.165) is 10.0 Å². The molecule has 0 saturated heterocycles. The van der Waals surface area contributed by atoms with Crippen LogP contribution in [0.1, 0.15) is 27.7 Å². The molecule has 0 aliphatic rings. The van der Waals surface area contributed by atoms with Gasteiger partial charge in [0.1, 0.15) is 0 Å². The van der Waals surface area contributed by atoms with Crippen molar-refractivity contribution >= 4 is 39.1 Å². The van der Waals surface area contributed by atoms with Crippen LogP contribution in [0.5, 0.6) is 0 Å². The molecule has 4 nitrogen and oxygen atoms in total. The van der Waals surface area contributed by atoms with Crippen LogP contribution in [-0.2, 0) is 9.53 Å². The summed E-state index contributed by atoms with van der Waals surface area (Å²) in [4.78, 5) is 24.3. The molecule has 0 bridgehead atoms. The molecule has 110 valence electrons. The summed E-state index contributed by atoms with van der Waals surface area (Å²) in [5, 5.41) is 4.71. The van der Waals surface area contributed by atoms with E-state index in [9.17, 15) is 9.59 Å². The Morgan fingerprint density at radius 2 is 2.00 bits per heavy atom. The summed E-state index contributed by atoms with van der Waals surface area (Å²) in [7, 11) is 1.34. The van der Waals surface area contributed by atoms with Crippen LogP contribution in [0.15, 0.2) is 46.3 Å². The highest BCUT2D eigenvalue weighted by Gasteiger charge is 2.20. The molecule has 1 heterocycles. The van der Waals surface area contributed by atoms with Gasteiger partial charge in [-0.1, -0.05) is 34.1 Å². The molecule has 2 aromatic rings. The van der Waals surface area contributed by atoms with Crippen LogP contribution < -0.4 is 5.32 Å². The Morgan fingerprint density at radius 3 is 2.57 bits per heavy atom. The van der Waals surface area contributed by atoms with E-state index in [-0.39, 0.29) is 18.3 Å². The molecule has 6 heteroatoms. The number of nitrogens with one attached hydrogen (secondary N) is 1. The standard InChI is InChI=1S/C15H14BrNO3S/c1-20-14(18)9-12(10-4-6-11(16)7-5-10)17-15(19)13-3-2-8-21-13/h2-8,12H,9H2,1H3,(H,17,19)/t12-/m0/s1. The fraction of sp³-hybridized carbons (Fsp3) is 0.200. The number of carbonyl (C=O) groups excluding carboxylic acids is 2. The van der Waals surface area contributed by atoms with Crippen LogP contribution in [0.4, 0.5) is 0 Å². The van der Waals surface area contributed by atoms with E-state index >= 15 is 0 Å². The van der Waals surface area contributed by atoms with Gasteiger partial charge in [0.25, 0.3) is 5.91 Å². The lowest BCUT2D eigenvalue weighted by Gasteiger charge is -2.18. The van der Waals surface area contributed by atoms with E-state index in [2.05, 4.69) is 21.2 Å². The van der Waals surface area contributed by atoms with Crippen molar-refractivity contribution in [2.24, 2.45) is 0 Å². The van der Waals surface area contributed by atoms with Crippen LogP contribution in [0.25, 0.3) is 0 Å². The fourth-order valence-electron chi connectivity index (χ4n) is 1.83. The zero-order chi connectivity index (χ0) is 15.2. The van der Waals surface area contributed by atoms with E-state index in [1.807, 2.05) is 35.7 Å². The molecule has 0 spiro atoms. The first kappa shape index (κ1) is 15.7. The van der Waals surface area contributed by atoms with Crippen LogP contribution in [0, 0.1) is 0 Å². The average Bonchev–Trinajstić information content (AvgIpc) is 3.01. The lowest BCUT2D eigenvalue weighted by molar-refractivity contribution is -0.141. The van der Waals surface area contributed by atoms with Gasteiger partial charge in [0.15, 0.2) is 0 Å². The van der Waals surface area contributed by atoms with Gasteiger partial charge in [-0.15, -0.1) is 11.3 Å². The molecule has 1 atom stereocenters. The Bertz CT molecular complexity index is 610. The summed E-state index contributed by atoms with van der Waals surface area (Å²) < 4.78 is 5.64. The molecule has 0 aliphatic heterocycles. The van der Waals surface area contributed by atoms with Crippen molar-refractivity contribution in [3.05, 3.63) is 56.7 Å². The number of thiophene rings is 1. The summed E-state index contributed by atoms with van der Waals surface area (Å²) in [5.74, 6) is -0.559. The Hall–Kier alpha value is -1.66. The van der Waals surface area contributed by atoms with Crippen molar-refractivity contribution in [3.8, 4) is 0 Å². The zero-order valence-electron chi connectivity index (χ0n) is 11.3. The summed E-state index contributed by atoms with van der Waals surface area (Å²) in [6, 6.07) is 10.6. The van der Waals surface area contributed by atoms with Gasteiger partial charge in [-0.05, 0) is 29.1 Å². The van der Waals surface area contributed by atoms with Crippen molar-refractivity contribution in [1.29, 1.82) is 0 Å². The number of benzene rings is 1. The minimum absolute atomic E-state index is 0.0925.